The molecule has 2 rings (SSSR count). The van der Waals surface area contributed by atoms with Crippen molar-refractivity contribution in [2.24, 2.45) is 0 Å². The van der Waals surface area contributed by atoms with E-state index in [4.69, 9.17) is 11.6 Å². The van der Waals surface area contributed by atoms with Crippen molar-refractivity contribution in [3.63, 3.8) is 0 Å². The van der Waals surface area contributed by atoms with Gasteiger partial charge in [-0.15, -0.1) is 0 Å². The van der Waals surface area contributed by atoms with E-state index >= 15 is 0 Å². The monoisotopic (exact) mass is 346 g/mol. The Labute approximate surface area is 148 Å². The van der Waals surface area contributed by atoms with E-state index in [1.165, 1.54) is 0 Å². The molecule has 0 saturated heterocycles. The van der Waals surface area contributed by atoms with E-state index in [0.29, 0.717) is 17.1 Å². The molecule has 0 spiro atoms. The summed E-state index contributed by atoms with van der Waals surface area (Å²) in [6, 6.07) is 3.89. The molecule has 128 valence electrons. The molecule has 0 saturated carbocycles. The maximum absolute atomic E-state index is 12.5. The first kappa shape index (κ1) is 18.2. The summed E-state index contributed by atoms with van der Waals surface area (Å²) < 4.78 is 0. The molecule has 0 bridgehead atoms. The van der Waals surface area contributed by atoms with Crippen LogP contribution >= 0.6 is 11.6 Å². The first-order valence-corrected chi connectivity index (χ1v) is 8.37. The fraction of sp³-hybridized carbons (Fsp3) is 0.389. The molecular weight excluding hydrogens is 324 g/mol. The Balaban J connectivity index is 2.21. The zero-order chi connectivity index (χ0) is 17.7. The molecule has 1 amide bonds. The van der Waals surface area contributed by atoms with Crippen molar-refractivity contribution in [1.82, 2.24) is 14.9 Å². The van der Waals surface area contributed by atoms with E-state index in [1.54, 1.807) is 30.5 Å². The van der Waals surface area contributed by atoms with E-state index < -0.39 is 0 Å². The van der Waals surface area contributed by atoms with Gasteiger partial charge < -0.3 is 10.2 Å². The van der Waals surface area contributed by atoms with Crippen LogP contribution in [-0.4, -0.2) is 40.4 Å². The third-order valence-corrected chi connectivity index (χ3v) is 4.21. The Morgan fingerprint density at radius 3 is 2.75 bits per heavy atom. The number of anilines is 1. The number of nitrogens with one attached hydrogen (secondary N) is 1. The number of rotatable bonds is 6. The highest BCUT2D eigenvalue weighted by Gasteiger charge is 2.18. The number of amides is 1. The predicted molar refractivity (Wildman–Crippen MR) is 97.6 cm³/mol. The highest BCUT2D eigenvalue weighted by molar-refractivity contribution is 6.36. The van der Waals surface area contributed by atoms with Crippen molar-refractivity contribution in [3.05, 3.63) is 52.6 Å². The predicted octanol–water partition coefficient (Wildman–Crippen LogP) is 3.57. The lowest BCUT2D eigenvalue weighted by Gasteiger charge is -2.20. The maximum Gasteiger partial charge on any atom is 0.255 e. The molecule has 0 radical (unpaired) electrons. The third kappa shape index (κ3) is 4.45. The Kier molecular flexibility index (Phi) is 6.15. The van der Waals surface area contributed by atoms with Crippen LogP contribution < -0.4 is 5.32 Å². The smallest absolute Gasteiger partial charge is 0.255 e. The molecule has 0 aliphatic carbocycles. The van der Waals surface area contributed by atoms with Crippen molar-refractivity contribution in [1.29, 1.82) is 0 Å². The van der Waals surface area contributed by atoms with Crippen LogP contribution in [0.15, 0.2) is 30.7 Å². The minimum absolute atomic E-state index is 0.0733. The van der Waals surface area contributed by atoms with Crippen LogP contribution in [0, 0.1) is 6.92 Å². The number of carbonyl (C=O) groups is 1. The average molecular weight is 347 g/mol. The topological polar surface area (TPSA) is 58.1 Å². The number of benzene rings is 1. The summed E-state index contributed by atoms with van der Waals surface area (Å²) in [5, 5.41) is 3.84. The molecule has 0 aliphatic heterocycles. The first-order chi connectivity index (χ1) is 11.4. The zero-order valence-electron chi connectivity index (χ0n) is 14.5. The minimum Gasteiger partial charge on any atom is -0.381 e. The summed E-state index contributed by atoms with van der Waals surface area (Å²) in [6.45, 7) is 6.57. The van der Waals surface area contributed by atoms with Gasteiger partial charge in [0.1, 0.15) is 0 Å². The van der Waals surface area contributed by atoms with Gasteiger partial charge in [0.2, 0.25) is 0 Å². The van der Waals surface area contributed by atoms with Crippen LogP contribution in [0.2, 0.25) is 5.02 Å². The maximum atomic E-state index is 12.5. The number of carbonyl (C=O) groups excluding carboxylic acids is 1. The van der Waals surface area contributed by atoms with E-state index in [9.17, 15) is 4.79 Å². The highest BCUT2D eigenvalue weighted by atomic mass is 35.5. The van der Waals surface area contributed by atoms with Crippen LogP contribution in [0.5, 0.6) is 0 Å². The summed E-state index contributed by atoms with van der Waals surface area (Å²) in [7, 11) is 1.77. The fourth-order valence-corrected chi connectivity index (χ4v) is 2.69. The average Bonchev–Trinajstić information content (AvgIpc) is 2.57. The number of aromatic nitrogens is 2. The first-order valence-electron chi connectivity index (χ1n) is 7.99. The molecule has 5 nitrogen and oxygen atoms in total. The molecule has 1 N–H and O–H groups in total. The van der Waals surface area contributed by atoms with Gasteiger partial charge >= 0.3 is 0 Å². The second-order valence-corrected chi connectivity index (χ2v) is 6.32. The lowest BCUT2D eigenvalue weighted by Crippen LogP contribution is -2.27. The number of hydrogen-bond donors (Lipinski definition) is 1. The van der Waals surface area contributed by atoms with Crippen molar-refractivity contribution >= 4 is 23.2 Å². The lowest BCUT2D eigenvalue weighted by atomic mass is 10.1. The van der Waals surface area contributed by atoms with E-state index in [0.717, 1.165) is 23.4 Å². The van der Waals surface area contributed by atoms with Gasteiger partial charge in [0, 0.05) is 44.6 Å². The number of nitrogens with zero attached hydrogens (tertiary/aromatic N) is 3. The summed E-state index contributed by atoms with van der Waals surface area (Å²) in [5.41, 5.74) is 3.18. The number of aryl methyl sites for hydroxylation is 1. The SMILES string of the molecule is CCN(C)C(=O)c1cc(C)cc(NC(C)Cc2cnccn2)c1Cl. The third-order valence-electron chi connectivity index (χ3n) is 3.80. The Morgan fingerprint density at radius 1 is 1.38 bits per heavy atom. The van der Waals surface area contributed by atoms with Gasteiger partial charge in [-0.05, 0) is 38.5 Å². The summed E-state index contributed by atoms with van der Waals surface area (Å²) in [5.74, 6) is -0.0733. The molecular formula is C18H23ClN4O. The van der Waals surface area contributed by atoms with Crippen molar-refractivity contribution < 1.29 is 4.79 Å². The highest BCUT2D eigenvalue weighted by Crippen LogP contribution is 2.29. The van der Waals surface area contributed by atoms with Gasteiger partial charge in [0.15, 0.2) is 0 Å². The molecule has 1 aromatic heterocycles. The summed E-state index contributed by atoms with van der Waals surface area (Å²) in [6.07, 6.45) is 5.80. The Hall–Kier alpha value is -2.14. The molecule has 1 atom stereocenters. The van der Waals surface area contributed by atoms with Gasteiger partial charge in [-0.1, -0.05) is 11.6 Å². The van der Waals surface area contributed by atoms with Crippen molar-refractivity contribution in [2.45, 2.75) is 33.2 Å². The standard InChI is InChI=1S/C18H23ClN4O/c1-5-23(4)18(24)15-8-12(2)9-16(17(15)19)22-13(3)10-14-11-20-6-7-21-14/h6-9,11,13,22H,5,10H2,1-4H3. The van der Waals surface area contributed by atoms with E-state index in [1.807, 2.05) is 32.9 Å². The molecule has 1 heterocycles. The second-order valence-electron chi connectivity index (χ2n) is 5.94. The van der Waals surface area contributed by atoms with Crippen LogP contribution in [0.25, 0.3) is 0 Å². The van der Waals surface area contributed by atoms with Crippen LogP contribution in [0.1, 0.15) is 35.5 Å². The van der Waals surface area contributed by atoms with Crippen LogP contribution in [0.4, 0.5) is 5.69 Å². The van der Waals surface area contributed by atoms with Gasteiger partial charge in [0.25, 0.3) is 5.91 Å². The Morgan fingerprint density at radius 2 is 2.12 bits per heavy atom. The van der Waals surface area contributed by atoms with Gasteiger partial charge in [-0.25, -0.2) is 0 Å². The van der Waals surface area contributed by atoms with Gasteiger partial charge in [-0.2, -0.15) is 0 Å². The van der Waals surface area contributed by atoms with E-state index in [2.05, 4.69) is 15.3 Å². The van der Waals surface area contributed by atoms with Crippen LogP contribution in [-0.2, 0) is 6.42 Å². The molecule has 0 aliphatic rings. The minimum atomic E-state index is -0.0733. The quantitative estimate of drug-likeness (QED) is 0.868. The molecule has 1 aromatic carbocycles. The zero-order valence-corrected chi connectivity index (χ0v) is 15.3. The number of hydrogen-bond acceptors (Lipinski definition) is 4. The number of halogens is 1. The second kappa shape index (κ2) is 8.11. The molecule has 24 heavy (non-hydrogen) atoms. The van der Waals surface area contributed by atoms with Crippen molar-refractivity contribution in [2.75, 3.05) is 18.9 Å². The summed E-state index contributed by atoms with van der Waals surface area (Å²) in [4.78, 5) is 22.5. The fourth-order valence-electron chi connectivity index (χ4n) is 2.44. The van der Waals surface area contributed by atoms with Gasteiger partial charge in [0.05, 0.1) is 22.0 Å². The van der Waals surface area contributed by atoms with Crippen LogP contribution in [0.3, 0.4) is 0 Å². The van der Waals surface area contributed by atoms with Crippen molar-refractivity contribution in [3.8, 4) is 0 Å². The molecule has 6 heteroatoms. The van der Waals surface area contributed by atoms with E-state index in [-0.39, 0.29) is 11.9 Å². The molecule has 0 fully saturated rings. The van der Waals surface area contributed by atoms with Gasteiger partial charge in [-0.3, -0.25) is 14.8 Å². The normalized spacial score (nSPS) is 11.9. The molecule has 1 unspecified atom stereocenters. The Bertz CT molecular complexity index is 706. The molecule has 2 aromatic rings. The largest absolute Gasteiger partial charge is 0.381 e. The lowest BCUT2D eigenvalue weighted by molar-refractivity contribution is 0.0802. The summed E-state index contributed by atoms with van der Waals surface area (Å²) >= 11 is 6.49.